The number of aromatic nitrogens is 1. The van der Waals surface area contributed by atoms with Crippen LogP contribution in [0.5, 0.6) is 0 Å². The maximum Gasteiger partial charge on any atom is 0.303 e. The quantitative estimate of drug-likeness (QED) is 0.635. The highest BCUT2D eigenvalue weighted by molar-refractivity contribution is 7.89. The highest BCUT2D eigenvalue weighted by Gasteiger charge is 2.22. The summed E-state index contributed by atoms with van der Waals surface area (Å²) < 4.78 is 25.1. The molecule has 0 radical (unpaired) electrons. The Bertz CT molecular complexity index is 588. The molecule has 0 aliphatic rings. The average molecular weight is 315 g/mol. The Morgan fingerprint density at radius 2 is 2.14 bits per heavy atom. The number of carboxylic acids is 1. The van der Waals surface area contributed by atoms with Crippen LogP contribution >= 0.6 is 0 Å². The fourth-order valence-corrected chi connectivity index (χ4v) is 2.58. The van der Waals surface area contributed by atoms with Gasteiger partial charge in [0.25, 0.3) is 0 Å². The van der Waals surface area contributed by atoms with Gasteiger partial charge in [0, 0.05) is 32.4 Å². The fourth-order valence-electron chi connectivity index (χ4n) is 1.49. The third kappa shape index (κ3) is 5.48. The van der Waals surface area contributed by atoms with E-state index in [0.717, 1.165) is 4.31 Å². The summed E-state index contributed by atoms with van der Waals surface area (Å²) in [5.41, 5.74) is 0. The first-order chi connectivity index (χ1) is 9.84. The molecule has 116 valence electrons. The Hall–Kier alpha value is -2.00. The van der Waals surface area contributed by atoms with Gasteiger partial charge < -0.3 is 10.4 Å². The van der Waals surface area contributed by atoms with Crippen molar-refractivity contribution in [1.29, 1.82) is 0 Å². The number of carboxylic acid groups (broad SMARTS) is 1. The number of pyridine rings is 1. The number of sulfonamides is 1. The van der Waals surface area contributed by atoms with Crippen LogP contribution in [0, 0.1) is 0 Å². The van der Waals surface area contributed by atoms with Crippen molar-refractivity contribution in [2.75, 3.05) is 20.1 Å². The van der Waals surface area contributed by atoms with Crippen molar-refractivity contribution in [1.82, 2.24) is 14.6 Å². The molecule has 0 saturated carbocycles. The molecule has 2 N–H and O–H groups in total. The minimum Gasteiger partial charge on any atom is -0.481 e. The van der Waals surface area contributed by atoms with E-state index >= 15 is 0 Å². The zero-order chi connectivity index (χ0) is 15.9. The summed E-state index contributed by atoms with van der Waals surface area (Å²) in [6.45, 7) is -0.157. The predicted molar refractivity (Wildman–Crippen MR) is 73.9 cm³/mol. The van der Waals surface area contributed by atoms with Crippen molar-refractivity contribution in [3.63, 3.8) is 0 Å². The Morgan fingerprint density at radius 3 is 2.71 bits per heavy atom. The van der Waals surface area contributed by atoms with Gasteiger partial charge in [0.05, 0.1) is 6.54 Å². The van der Waals surface area contributed by atoms with Gasteiger partial charge >= 0.3 is 5.97 Å². The molecule has 0 unspecified atom stereocenters. The summed E-state index contributed by atoms with van der Waals surface area (Å²) in [5.74, 6) is -1.43. The maximum absolute atomic E-state index is 12.1. The van der Waals surface area contributed by atoms with Gasteiger partial charge in [0.2, 0.25) is 15.9 Å². The lowest BCUT2D eigenvalue weighted by atomic mass is 10.3. The lowest BCUT2D eigenvalue weighted by molar-refractivity contribution is -0.137. The largest absolute Gasteiger partial charge is 0.481 e. The smallest absolute Gasteiger partial charge is 0.303 e. The summed E-state index contributed by atoms with van der Waals surface area (Å²) in [6.07, 6.45) is 2.90. The molecule has 1 amide bonds. The third-order valence-electron chi connectivity index (χ3n) is 2.60. The summed E-state index contributed by atoms with van der Waals surface area (Å²) >= 11 is 0. The lowest BCUT2D eigenvalue weighted by Gasteiger charge is -2.16. The molecule has 21 heavy (non-hydrogen) atoms. The van der Waals surface area contributed by atoms with E-state index in [0.29, 0.717) is 6.42 Å². The van der Waals surface area contributed by atoms with Crippen LogP contribution in [0.3, 0.4) is 0 Å². The predicted octanol–water partition coefficient (Wildman–Crippen LogP) is -0.317. The summed E-state index contributed by atoms with van der Waals surface area (Å²) in [4.78, 5) is 25.6. The first-order valence-corrected chi connectivity index (χ1v) is 7.63. The standard InChI is InChI=1S/C12H17N3O5S/c1-15(9-11(16)14-7-3-5-12(17)18)21(19,20)10-4-2-6-13-8-10/h2,4,6,8H,3,5,7,9H2,1H3,(H,14,16)(H,17,18). The van der Waals surface area contributed by atoms with Crippen molar-refractivity contribution in [3.8, 4) is 0 Å². The van der Waals surface area contributed by atoms with Gasteiger partial charge in [0.15, 0.2) is 0 Å². The van der Waals surface area contributed by atoms with Gasteiger partial charge in [-0.25, -0.2) is 8.42 Å². The van der Waals surface area contributed by atoms with Crippen LogP contribution in [0.2, 0.25) is 0 Å². The highest BCUT2D eigenvalue weighted by Crippen LogP contribution is 2.11. The minimum absolute atomic E-state index is 0.00572. The van der Waals surface area contributed by atoms with E-state index in [1.54, 1.807) is 0 Å². The zero-order valence-electron chi connectivity index (χ0n) is 11.5. The molecule has 1 aromatic heterocycles. The van der Waals surface area contributed by atoms with Crippen molar-refractivity contribution >= 4 is 21.9 Å². The molecule has 0 spiro atoms. The molecule has 0 saturated heterocycles. The van der Waals surface area contributed by atoms with Crippen LogP contribution in [0.15, 0.2) is 29.4 Å². The molecular weight excluding hydrogens is 298 g/mol. The molecule has 0 aliphatic heterocycles. The van der Waals surface area contributed by atoms with Crippen molar-refractivity contribution in [2.24, 2.45) is 0 Å². The normalized spacial score (nSPS) is 11.3. The molecule has 9 heteroatoms. The third-order valence-corrected chi connectivity index (χ3v) is 4.39. The first-order valence-electron chi connectivity index (χ1n) is 6.19. The number of rotatable bonds is 8. The van der Waals surface area contributed by atoms with E-state index in [2.05, 4.69) is 10.3 Å². The fraction of sp³-hybridized carbons (Fsp3) is 0.417. The number of nitrogens with zero attached hydrogens (tertiary/aromatic N) is 2. The number of carbonyl (C=O) groups is 2. The van der Waals surface area contributed by atoms with Gasteiger partial charge in [-0.05, 0) is 18.6 Å². The highest BCUT2D eigenvalue weighted by atomic mass is 32.2. The van der Waals surface area contributed by atoms with Gasteiger partial charge in [-0.3, -0.25) is 14.6 Å². The van der Waals surface area contributed by atoms with E-state index in [1.165, 1.54) is 31.6 Å². The molecule has 0 bridgehead atoms. The Labute approximate surface area is 122 Å². The number of hydrogen-bond donors (Lipinski definition) is 2. The van der Waals surface area contributed by atoms with E-state index in [4.69, 9.17) is 5.11 Å². The SMILES string of the molecule is CN(CC(=O)NCCCC(=O)O)S(=O)(=O)c1cccnc1. The Morgan fingerprint density at radius 1 is 1.43 bits per heavy atom. The number of aliphatic carboxylic acids is 1. The first kappa shape index (κ1) is 17.1. The molecule has 0 atom stereocenters. The van der Waals surface area contributed by atoms with Gasteiger partial charge in [-0.1, -0.05) is 0 Å². The summed E-state index contributed by atoms with van der Waals surface area (Å²) in [7, 11) is -2.47. The molecule has 1 heterocycles. The van der Waals surface area contributed by atoms with Gasteiger partial charge in [0.1, 0.15) is 4.90 Å². The van der Waals surface area contributed by atoms with E-state index in [-0.39, 0.29) is 24.4 Å². The van der Waals surface area contributed by atoms with Crippen molar-refractivity contribution < 1.29 is 23.1 Å². The topological polar surface area (TPSA) is 117 Å². The van der Waals surface area contributed by atoms with E-state index in [9.17, 15) is 18.0 Å². The number of likely N-dealkylation sites (N-methyl/N-ethyl adjacent to an activating group) is 1. The van der Waals surface area contributed by atoms with Crippen LogP contribution in [-0.2, 0) is 19.6 Å². The lowest BCUT2D eigenvalue weighted by Crippen LogP contribution is -2.38. The summed E-state index contributed by atoms with van der Waals surface area (Å²) in [5, 5.41) is 10.9. The van der Waals surface area contributed by atoms with E-state index < -0.39 is 21.9 Å². The molecule has 8 nitrogen and oxygen atoms in total. The number of hydrogen-bond acceptors (Lipinski definition) is 5. The van der Waals surface area contributed by atoms with E-state index in [1.807, 2.05) is 0 Å². The average Bonchev–Trinajstić information content (AvgIpc) is 2.44. The molecule has 0 aliphatic carbocycles. The van der Waals surface area contributed by atoms with Crippen LogP contribution in [0.4, 0.5) is 0 Å². The molecule has 0 aromatic carbocycles. The van der Waals surface area contributed by atoms with Gasteiger partial charge in [-0.2, -0.15) is 4.31 Å². The summed E-state index contributed by atoms with van der Waals surface area (Å²) in [6, 6.07) is 2.89. The minimum atomic E-state index is -3.76. The number of carbonyl (C=O) groups excluding carboxylic acids is 1. The molecule has 0 fully saturated rings. The second-order valence-electron chi connectivity index (χ2n) is 4.30. The second kappa shape index (κ2) is 7.70. The zero-order valence-corrected chi connectivity index (χ0v) is 12.3. The number of amides is 1. The Balaban J connectivity index is 2.51. The van der Waals surface area contributed by atoms with Crippen LogP contribution in [0.25, 0.3) is 0 Å². The maximum atomic E-state index is 12.1. The second-order valence-corrected chi connectivity index (χ2v) is 6.34. The molecule has 1 aromatic rings. The Kier molecular flexibility index (Phi) is 6.25. The van der Waals surface area contributed by atoms with Crippen LogP contribution < -0.4 is 5.32 Å². The van der Waals surface area contributed by atoms with Crippen LogP contribution in [0.1, 0.15) is 12.8 Å². The van der Waals surface area contributed by atoms with Crippen LogP contribution in [-0.4, -0.2) is 54.8 Å². The van der Waals surface area contributed by atoms with Gasteiger partial charge in [-0.15, -0.1) is 0 Å². The monoisotopic (exact) mass is 315 g/mol. The molecule has 1 rings (SSSR count). The molecular formula is C12H17N3O5S. The van der Waals surface area contributed by atoms with Crippen molar-refractivity contribution in [3.05, 3.63) is 24.5 Å². The van der Waals surface area contributed by atoms with Crippen molar-refractivity contribution in [2.45, 2.75) is 17.7 Å². The number of nitrogens with one attached hydrogen (secondary N) is 1.